The number of hydrogen-bond acceptors (Lipinski definition) is 6. The molecular weight excluding hydrogens is 344 g/mol. The molecule has 8 heteroatoms. The molecule has 0 aliphatic rings. The van der Waals surface area contributed by atoms with Crippen LogP contribution in [0.2, 0.25) is 0 Å². The average molecular weight is 354 g/mol. The Balaban J connectivity index is 2.08. The molecule has 0 radical (unpaired) electrons. The Hall–Kier alpha value is -1.87. The second-order valence-corrected chi connectivity index (χ2v) is 7.34. The first-order valence-corrected chi connectivity index (χ1v) is 9.27. The third kappa shape index (κ3) is 3.30. The van der Waals surface area contributed by atoms with E-state index >= 15 is 0 Å². The standard InChI is InChI=1S/C14H10O5S3/c15-22(16,17)11-5-1-4-10(18-12-6-2-8-20-12)14(11)19-13-7-3-9-21-13/h1-9H,(H,15,16,17). The van der Waals surface area contributed by atoms with Crippen molar-refractivity contribution in [1.29, 1.82) is 0 Å². The lowest BCUT2D eigenvalue weighted by molar-refractivity contribution is 0.414. The summed E-state index contributed by atoms with van der Waals surface area (Å²) in [5, 5.41) is 4.71. The van der Waals surface area contributed by atoms with Gasteiger partial charge in [0, 0.05) is 0 Å². The van der Waals surface area contributed by atoms with Gasteiger partial charge in [0.2, 0.25) is 0 Å². The minimum atomic E-state index is -4.44. The zero-order valence-corrected chi connectivity index (χ0v) is 13.5. The summed E-state index contributed by atoms with van der Waals surface area (Å²) in [6.45, 7) is 0. The van der Waals surface area contributed by atoms with Gasteiger partial charge >= 0.3 is 0 Å². The van der Waals surface area contributed by atoms with E-state index < -0.39 is 10.1 Å². The van der Waals surface area contributed by atoms with Crippen molar-refractivity contribution < 1.29 is 22.4 Å². The summed E-state index contributed by atoms with van der Waals surface area (Å²) in [5.74, 6) is 0.173. The summed E-state index contributed by atoms with van der Waals surface area (Å²) in [6, 6.07) is 11.4. The zero-order valence-electron chi connectivity index (χ0n) is 11.0. The lowest BCUT2D eigenvalue weighted by Gasteiger charge is -2.12. The Kier molecular flexibility index (Phi) is 4.16. The summed E-state index contributed by atoms with van der Waals surface area (Å²) < 4.78 is 43.8. The summed E-state index contributed by atoms with van der Waals surface area (Å²) >= 11 is 2.66. The molecule has 3 aromatic rings. The van der Waals surface area contributed by atoms with Crippen molar-refractivity contribution in [3.63, 3.8) is 0 Å². The summed E-state index contributed by atoms with van der Waals surface area (Å²) in [4.78, 5) is -0.338. The Morgan fingerprint density at radius 1 is 0.864 bits per heavy atom. The molecule has 1 N–H and O–H groups in total. The molecule has 0 atom stereocenters. The van der Waals surface area contributed by atoms with Crippen LogP contribution >= 0.6 is 22.7 Å². The predicted molar refractivity (Wildman–Crippen MR) is 85.0 cm³/mol. The molecule has 2 heterocycles. The van der Waals surface area contributed by atoms with Crippen molar-refractivity contribution in [2.45, 2.75) is 4.90 Å². The quantitative estimate of drug-likeness (QED) is 0.676. The fraction of sp³-hybridized carbons (Fsp3) is 0. The van der Waals surface area contributed by atoms with E-state index in [0.717, 1.165) is 0 Å². The van der Waals surface area contributed by atoms with Crippen LogP contribution in [0.25, 0.3) is 0 Å². The molecule has 1 aromatic carbocycles. The fourth-order valence-electron chi connectivity index (χ4n) is 1.73. The van der Waals surface area contributed by atoms with Gasteiger partial charge < -0.3 is 9.47 Å². The van der Waals surface area contributed by atoms with E-state index in [2.05, 4.69) is 0 Å². The van der Waals surface area contributed by atoms with Gasteiger partial charge in [-0.1, -0.05) is 6.07 Å². The maximum atomic E-state index is 11.6. The number of ether oxygens (including phenoxy) is 2. The van der Waals surface area contributed by atoms with Gasteiger partial charge in [-0.15, -0.1) is 22.7 Å². The van der Waals surface area contributed by atoms with Crippen molar-refractivity contribution in [3.8, 4) is 21.6 Å². The van der Waals surface area contributed by atoms with Crippen LogP contribution < -0.4 is 9.47 Å². The van der Waals surface area contributed by atoms with E-state index in [4.69, 9.17) is 9.47 Å². The van der Waals surface area contributed by atoms with Crippen molar-refractivity contribution >= 4 is 32.8 Å². The minimum absolute atomic E-state index is 0.0409. The van der Waals surface area contributed by atoms with Gasteiger partial charge in [0.1, 0.15) is 4.90 Å². The van der Waals surface area contributed by atoms with Crippen LogP contribution in [0.15, 0.2) is 58.1 Å². The third-order valence-corrected chi connectivity index (χ3v) is 4.99. The largest absolute Gasteiger partial charge is 0.443 e. The fourth-order valence-corrected chi connectivity index (χ4v) is 3.53. The van der Waals surface area contributed by atoms with Gasteiger partial charge in [-0.25, -0.2) is 0 Å². The van der Waals surface area contributed by atoms with Crippen molar-refractivity contribution in [2.24, 2.45) is 0 Å². The summed E-state index contributed by atoms with van der Waals surface area (Å²) in [7, 11) is -4.44. The first-order chi connectivity index (χ1) is 10.5. The minimum Gasteiger partial charge on any atom is -0.443 e. The van der Waals surface area contributed by atoms with Gasteiger partial charge in [0.15, 0.2) is 21.6 Å². The van der Waals surface area contributed by atoms with Gasteiger partial charge in [-0.3, -0.25) is 4.55 Å². The van der Waals surface area contributed by atoms with Crippen LogP contribution in [0.5, 0.6) is 21.6 Å². The number of benzene rings is 1. The molecule has 0 fully saturated rings. The zero-order chi connectivity index (χ0) is 15.6. The van der Waals surface area contributed by atoms with Crippen LogP contribution in [0.1, 0.15) is 0 Å². The van der Waals surface area contributed by atoms with Crippen LogP contribution in [-0.2, 0) is 10.1 Å². The van der Waals surface area contributed by atoms with Crippen LogP contribution in [-0.4, -0.2) is 13.0 Å². The SMILES string of the molecule is O=S(=O)(O)c1cccc(Oc2cccs2)c1Oc1cccs1. The average Bonchev–Trinajstić information content (AvgIpc) is 3.12. The third-order valence-electron chi connectivity index (χ3n) is 2.62. The molecule has 5 nitrogen and oxygen atoms in total. The highest BCUT2D eigenvalue weighted by molar-refractivity contribution is 7.86. The van der Waals surface area contributed by atoms with Crippen molar-refractivity contribution in [3.05, 3.63) is 53.2 Å². The van der Waals surface area contributed by atoms with Gasteiger partial charge in [-0.05, 0) is 47.2 Å². The smallest absolute Gasteiger partial charge is 0.298 e. The molecule has 2 aromatic heterocycles. The van der Waals surface area contributed by atoms with E-state index in [0.29, 0.717) is 10.1 Å². The van der Waals surface area contributed by atoms with Gasteiger partial charge in [-0.2, -0.15) is 8.42 Å². The highest BCUT2D eigenvalue weighted by Crippen LogP contribution is 2.41. The van der Waals surface area contributed by atoms with Gasteiger partial charge in [0.25, 0.3) is 10.1 Å². The van der Waals surface area contributed by atoms with E-state index in [1.807, 2.05) is 11.4 Å². The number of thiophene rings is 2. The lowest BCUT2D eigenvalue weighted by Crippen LogP contribution is -2.02. The van der Waals surface area contributed by atoms with Crippen LogP contribution in [0, 0.1) is 0 Å². The van der Waals surface area contributed by atoms with Crippen LogP contribution in [0.4, 0.5) is 0 Å². The maximum Gasteiger partial charge on any atom is 0.298 e. The molecule has 114 valence electrons. The molecule has 0 aliphatic carbocycles. The number of rotatable bonds is 5. The highest BCUT2D eigenvalue weighted by atomic mass is 32.2. The topological polar surface area (TPSA) is 72.8 Å². The lowest BCUT2D eigenvalue weighted by atomic mass is 10.3. The van der Waals surface area contributed by atoms with E-state index in [1.165, 1.54) is 34.8 Å². The molecule has 0 bridgehead atoms. The molecule has 3 rings (SSSR count). The molecule has 0 aliphatic heterocycles. The molecule has 0 unspecified atom stereocenters. The Morgan fingerprint density at radius 3 is 2.05 bits per heavy atom. The molecule has 0 saturated carbocycles. The molecule has 0 spiro atoms. The van der Waals surface area contributed by atoms with Crippen molar-refractivity contribution in [1.82, 2.24) is 0 Å². The second kappa shape index (κ2) is 6.09. The molecular formula is C14H10O5S3. The highest BCUT2D eigenvalue weighted by Gasteiger charge is 2.22. The van der Waals surface area contributed by atoms with Gasteiger partial charge in [0.05, 0.1) is 0 Å². The maximum absolute atomic E-state index is 11.6. The Bertz CT molecular complexity index is 852. The van der Waals surface area contributed by atoms with Crippen LogP contribution in [0.3, 0.4) is 0 Å². The Labute approximate surface area is 135 Å². The summed E-state index contributed by atoms with van der Waals surface area (Å²) in [6.07, 6.45) is 0. The first kappa shape index (κ1) is 15.0. The molecule has 22 heavy (non-hydrogen) atoms. The predicted octanol–water partition coefficient (Wildman–Crippen LogP) is 4.64. The van der Waals surface area contributed by atoms with E-state index in [1.54, 1.807) is 29.6 Å². The number of para-hydroxylation sites is 1. The molecule has 0 saturated heterocycles. The van der Waals surface area contributed by atoms with E-state index in [-0.39, 0.29) is 16.4 Å². The Morgan fingerprint density at radius 2 is 1.50 bits per heavy atom. The monoisotopic (exact) mass is 354 g/mol. The first-order valence-electron chi connectivity index (χ1n) is 6.07. The van der Waals surface area contributed by atoms with E-state index in [9.17, 15) is 13.0 Å². The van der Waals surface area contributed by atoms with Crippen molar-refractivity contribution in [2.75, 3.05) is 0 Å². The normalized spacial score (nSPS) is 11.3. The summed E-state index contributed by atoms with van der Waals surface area (Å²) in [5.41, 5.74) is 0. The molecule has 0 amide bonds. The number of hydrogen-bond donors (Lipinski definition) is 1. The second-order valence-electron chi connectivity index (χ2n) is 4.13.